The largest absolute Gasteiger partial charge is 0.508 e. The van der Waals surface area contributed by atoms with E-state index in [1.165, 1.54) is 0 Å². The van der Waals surface area contributed by atoms with Gasteiger partial charge in [0, 0.05) is 19.6 Å². The standard InChI is InChI=1S/C11H18N2O.C4H11BO2.C2H6/c1-13(8-6-12)7-5-10-3-2-4-11(14)9-10;1-2-3-4-5(6)7;1-2/h2-4,9,14H,5-8,12H2,1H3;6-7H,2-4H2,1H3;1-2H3. The number of nitrogens with two attached hydrogens (primary N) is 1. The highest BCUT2D eigenvalue weighted by Crippen LogP contribution is 2.11. The lowest BCUT2D eigenvalue weighted by Gasteiger charge is -2.14. The van der Waals surface area contributed by atoms with E-state index in [1.807, 2.05) is 32.9 Å². The fourth-order valence-electron chi connectivity index (χ4n) is 1.75. The Morgan fingerprint density at radius 3 is 2.26 bits per heavy atom. The molecule has 23 heavy (non-hydrogen) atoms. The van der Waals surface area contributed by atoms with Gasteiger partial charge in [0.25, 0.3) is 0 Å². The molecule has 0 saturated heterocycles. The van der Waals surface area contributed by atoms with Crippen molar-refractivity contribution in [2.24, 2.45) is 5.73 Å². The molecule has 0 saturated carbocycles. The Labute approximate surface area is 142 Å². The van der Waals surface area contributed by atoms with Crippen LogP contribution in [0.25, 0.3) is 0 Å². The number of hydrogen-bond donors (Lipinski definition) is 4. The van der Waals surface area contributed by atoms with Gasteiger partial charge in [-0.05, 0) is 37.5 Å². The summed E-state index contributed by atoms with van der Waals surface area (Å²) in [7, 11) is 0.954. The second-order valence-corrected chi connectivity index (χ2v) is 5.13. The van der Waals surface area contributed by atoms with Crippen molar-refractivity contribution in [3.63, 3.8) is 0 Å². The van der Waals surface area contributed by atoms with Crippen LogP contribution in [0.4, 0.5) is 0 Å². The number of benzene rings is 1. The zero-order valence-corrected chi connectivity index (χ0v) is 15.2. The molecule has 0 aliphatic heterocycles. The van der Waals surface area contributed by atoms with Crippen LogP contribution >= 0.6 is 0 Å². The summed E-state index contributed by atoms with van der Waals surface area (Å²) < 4.78 is 0. The minimum absolute atomic E-state index is 0.337. The molecule has 0 amide bonds. The molecule has 0 atom stereocenters. The fraction of sp³-hybridized carbons (Fsp3) is 0.647. The van der Waals surface area contributed by atoms with Crippen LogP contribution < -0.4 is 5.73 Å². The van der Waals surface area contributed by atoms with Gasteiger partial charge in [-0.3, -0.25) is 0 Å². The molecule has 5 nitrogen and oxygen atoms in total. The summed E-state index contributed by atoms with van der Waals surface area (Å²) in [6, 6.07) is 7.38. The van der Waals surface area contributed by atoms with E-state index >= 15 is 0 Å². The third-order valence-corrected chi connectivity index (χ3v) is 3.02. The van der Waals surface area contributed by atoms with Gasteiger partial charge >= 0.3 is 7.12 Å². The Hall–Kier alpha value is -1.08. The number of phenols is 1. The number of phenolic OH excluding ortho intramolecular Hbond substituents is 1. The van der Waals surface area contributed by atoms with Gasteiger partial charge in [0.15, 0.2) is 0 Å². The third kappa shape index (κ3) is 17.1. The van der Waals surface area contributed by atoms with Gasteiger partial charge in [-0.1, -0.05) is 45.7 Å². The maximum absolute atomic E-state index is 9.25. The van der Waals surface area contributed by atoms with E-state index in [2.05, 4.69) is 11.9 Å². The predicted molar refractivity (Wildman–Crippen MR) is 99.6 cm³/mol. The molecule has 0 heterocycles. The first-order chi connectivity index (χ1) is 11.0. The molecule has 0 unspecified atom stereocenters. The second kappa shape index (κ2) is 17.3. The maximum Gasteiger partial charge on any atom is 0.451 e. The summed E-state index contributed by atoms with van der Waals surface area (Å²) >= 11 is 0. The second-order valence-electron chi connectivity index (χ2n) is 5.13. The SMILES string of the molecule is CC.CCCCB(O)O.CN(CCN)CCc1cccc(O)c1. The van der Waals surface area contributed by atoms with E-state index < -0.39 is 7.12 Å². The van der Waals surface area contributed by atoms with E-state index in [4.69, 9.17) is 15.8 Å². The van der Waals surface area contributed by atoms with Crippen molar-refractivity contribution >= 4 is 7.12 Å². The number of hydrogen-bond acceptors (Lipinski definition) is 5. The Bertz CT molecular complexity index is 365. The number of nitrogens with zero attached hydrogens (tertiary/aromatic N) is 1. The Balaban J connectivity index is 0. The number of aromatic hydroxyl groups is 1. The zero-order valence-electron chi connectivity index (χ0n) is 15.2. The topological polar surface area (TPSA) is 90.0 Å². The molecule has 0 aromatic heterocycles. The highest BCUT2D eigenvalue weighted by Gasteiger charge is 2.02. The molecule has 134 valence electrons. The summed E-state index contributed by atoms with van der Waals surface area (Å²) in [5.74, 6) is 0.337. The van der Waals surface area contributed by atoms with Gasteiger partial charge < -0.3 is 25.8 Å². The molecule has 6 heteroatoms. The van der Waals surface area contributed by atoms with Crippen LogP contribution in [-0.2, 0) is 6.42 Å². The third-order valence-electron chi connectivity index (χ3n) is 3.02. The van der Waals surface area contributed by atoms with E-state index in [9.17, 15) is 5.11 Å². The molecule has 1 rings (SSSR count). The highest BCUT2D eigenvalue weighted by atomic mass is 16.4. The van der Waals surface area contributed by atoms with Crippen LogP contribution in [0.1, 0.15) is 39.2 Å². The summed E-state index contributed by atoms with van der Waals surface area (Å²) in [6.45, 7) is 8.60. The zero-order chi connectivity index (χ0) is 18.1. The first-order valence-corrected chi connectivity index (χ1v) is 8.52. The lowest BCUT2D eigenvalue weighted by molar-refractivity contribution is 0.347. The summed E-state index contributed by atoms with van der Waals surface area (Å²) in [6.07, 6.45) is 3.39. The number of rotatable bonds is 8. The molecular formula is C17H35BN2O3. The van der Waals surface area contributed by atoms with E-state index in [-0.39, 0.29) is 0 Å². The van der Waals surface area contributed by atoms with Crippen LogP contribution in [-0.4, -0.2) is 53.9 Å². The van der Waals surface area contributed by atoms with Crippen molar-refractivity contribution in [1.29, 1.82) is 0 Å². The molecule has 0 radical (unpaired) electrons. The molecule has 1 aromatic carbocycles. The van der Waals surface area contributed by atoms with Crippen LogP contribution in [0.3, 0.4) is 0 Å². The monoisotopic (exact) mass is 326 g/mol. The number of likely N-dealkylation sites (N-methyl/N-ethyl adjacent to an activating group) is 1. The van der Waals surface area contributed by atoms with Gasteiger partial charge in [0.05, 0.1) is 0 Å². The van der Waals surface area contributed by atoms with E-state index in [0.29, 0.717) is 18.6 Å². The molecule has 0 spiro atoms. The summed E-state index contributed by atoms with van der Waals surface area (Å²) in [4.78, 5) is 2.18. The molecule has 5 N–H and O–H groups in total. The molecule has 0 fully saturated rings. The van der Waals surface area contributed by atoms with E-state index in [0.717, 1.165) is 37.9 Å². The van der Waals surface area contributed by atoms with Crippen molar-refractivity contribution in [2.45, 2.75) is 46.4 Å². The Morgan fingerprint density at radius 1 is 1.17 bits per heavy atom. The Kier molecular flexibility index (Phi) is 18.2. The maximum atomic E-state index is 9.25. The van der Waals surface area contributed by atoms with E-state index in [1.54, 1.807) is 12.1 Å². The minimum atomic E-state index is -1.10. The van der Waals surface area contributed by atoms with Gasteiger partial charge in [-0.15, -0.1) is 0 Å². The molecule has 0 aliphatic rings. The van der Waals surface area contributed by atoms with Crippen LogP contribution in [0, 0.1) is 0 Å². The van der Waals surface area contributed by atoms with Gasteiger partial charge in [-0.2, -0.15) is 0 Å². The molecule has 0 bridgehead atoms. The average molecular weight is 326 g/mol. The molecule has 1 aromatic rings. The normalized spacial score (nSPS) is 9.57. The van der Waals surface area contributed by atoms with Gasteiger partial charge in [0.2, 0.25) is 0 Å². The minimum Gasteiger partial charge on any atom is -0.508 e. The van der Waals surface area contributed by atoms with Crippen LogP contribution in [0.5, 0.6) is 5.75 Å². The van der Waals surface area contributed by atoms with Crippen LogP contribution in [0.15, 0.2) is 24.3 Å². The summed E-state index contributed by atoms with van der Waals surface area (Å²) in [5.41, 5.74) is 6.60. The van der Waals surface area contributed by atoms with Crippen molar-refractivity contribution < 1.29 is 15.2 Å². The average Bonchev–Trinajstić information content (AvgIpc) is 2.54. The van der Waals surface area contributed by atoms with Crippen molar-refractivity contribution in [2.75, 3.05) is 26.7 Å². The highest BCUT2D eigenvalue weighted by molar-refractivity contribution is 6.40. The first kappa shape index (κ1) is 24.2. The van der Waals surface area contributed by atoms with Gasteiger partial charge in [0.1, 0.15) is 5.75 Å². The summed E-state index contributed by atoms with van der Waals surface area (Å²) in [5, 5.41) is 25.7. The molecule has 0 aliphatic carbocycles. The van der Waals surface area contributed by atoms with Crippen molar-refractivity contribution in [3.05, 3.63) is 29.8 Å². The lowest BCUT2D eigenvalue weighted by Crippen LogP contribution is -2.27. The van der Waals surface area contributed by atoms with Gasteiger partial charge in [-0.25, -0.2) is 0 Å². The van der Waals surface area contributed by atoms with Crippen LogP contribution in [0.2, 0.25) is 6.32 Å². The first-order valence-electron chi connectivity index (χ1n) is 8.52. The Morgan fingerprint density at radius 2 is 1.83 bits per heavy atom. The van der Waals surface area contributed by atoms with Crippen molar-refractivity contribution in [1.82, 2.24) is 4.90 Å². The smallest absolute Gasteiger partial charge is 0.451 e. The lowest BCUT2D eigenvalue weighted by atomic mass is 9.84. The number of unbranched alkanes of at least 4 members (excludes halogenated alkanes) is 1. The molecular weight excluding hydrogens is 291 g/mol. The fourth-order valence-corrected chi connectivity index (χ4v) is 1.75. The predicted octanol–water partition coefficient (Wildman–Crippen LogP) is 2.11. The van der Waals surface area contributed by atoms with Crippen molar-refractivity contribution in [3.8, 4) is 5.75 Å². The quantitative estimate of drug-likeness (QED) is 0.549.